The summed E-state index contributed by atoms with van der Waals surface area (Å²) in [6, 6.07) is 8.64. The van der Waals surface area contributed by atoms with Gasteiger partial charge in [0, 0.05) is 24.0 Å². The summed E-state index contributed by atoms with van der Waals surface area (Å²) in [6.07, 6.45) is 2.29. The topological polar surface area (TPSA) is 37.8 Å². The Hall–Kier alpha value is -1.42. The molecule has 0 amide bonds. The van der Waals surface area contributed by atoms with Crippen molar-refractivity contribution >= 4 is 16.7 Å². The van der Waals surface area contributed by atoms with E-state index >= 15 is 0 Å². The van der Waals surface area contributed by atoms with Gasteiger partial charge in [0.15, 0.2) is 5.82 Å². The fraction of sp³-hybridized carbons (Fsp3) is 0.385. The number of aromatic nitrogens is 2. The number of fused-ring (bicyclic) bond motifs is 1. The van der Waals surface area contributed by atoms with Gasteiger partial charge in [-0.2, -0.15) is 4.37 Å². The third-order valence-corrected chi connectivity index (χ3v) is 3.90. The van der Waals surface area contributed by atoms with E-state index in [4.69, 9.17) is 0 Å². The van der Waals surface area contributed by atoms with Crippen LogP contribution in [0.25, 0.3) is 0 Å². The molecular weight excluding hydrogens is 230 g/mol. The highest BCUT2D eigenvalue weighted by Crippen LogP contribution is 2.37. The molecule has 17 heavy (non-hydrogen) atoms. The van der Waals surface area contributed by atoms with Gasteiger partial charge in [-0.05, 0) is 30.9 Å². The lowest BCUT2D eigenvalue weighted by molar-refractivity contribution is 0.745. The largest absolute Gasteiger partial charge is 0.361 e. The van der Waals surface area contributed by atoms with Crippen molar-refractivity contribution in [3.05, 3.63) is 41.2 Å². The first-order valence-corrected chi connectivity index (χ1v) is 6.81. The molecule has 3 nitrogen and oxygen atoms in total. The molecule has 1 aromatic heterocycles. The summed E-state index contributed by atoms with van der Waals surface area (Å²) in [4.78, 5) is 4.58. The van der Waals surface area contributed by atoms with Crippen LogP contribution in [-0.4, -0.2) is 15.9 Å². The zero-order chi connectivity index (χ0) is 11.7. The molecule has 0 fully saturated rings. The fourth-order valence-electron chi connectivity index (χ4n) is 2.42. The van der Waals surface area contributed by atoms with Crippen molar-refractivity contribution in [3.63, 3.8) is 0 Å². The molecule has 0 saturated carbocycles. The van der Waals surface area contributed by atoms with Crippen LogP contribution in [0.2, 0.25) is 0 Å². The van der Waals surface area contributed by atoms with Gasteiger partial charge < -0.3 is 5.32 Å². The molecule has 2 aromatic rings. The van der Waals surface area contributed by atoms with Crippen LogP contribution in [0.4, 0.5) is 5.13 Å². The smallest absolute Gasteiger partial charge is 0.202 e. The number of rotatable bonds is 3. The van der Waals surface area contributed by atoms with Crippen LogP contribution < -0.4 is 5.32 Å². The number of nitrogens with one attached hydrogen (secondary N) is 1. The summed E-state index contributed by atoms with van der Waals surface area (Å²) in [7, 11) is 0. The van der Waals surface area contributed by atoms with Gasteiger partial charge >= 0.3 is 0 Å². The third-order valence-electron chi connectivity index (χ3n) is 3.21. The van der Waals surface area contributed by atoms with Gasteiger partial charge in [0.05, 0.1) is 0 Å². The first kappa shape index (κ1) is 10.7. The van der Waals surface area contributed by atoms with E-state index in [9.17, 15) is 0 Å². The van der Waals surface area contributed by atoms with Crippen molar-refractivity contribution in [2.45, 2.75) is 25.7 Å². The van der Waals surface area contributed by atoms with E-state index in [1.165, 1.54) is 22.7 Å². The minimum atomic E-state index is 0.398. The molecule has 0 saturated heterocycles. The average molecular weight is 245 g/mol. The Morgan fingerprint density at radius 2 is 2.29 bits per heavy atom. The van der Waals surface area contributed by atoms with Crippen molar-refractivity contribution in [1.29, 1.82) is 0 Å². The summed E-state index contributed by atoms with van der Waals surface area (Å²) < 4.78 is 4.48. The van der Waals surface area contributed by atoms with Crippen LogP contribution in [0.15, 0.2) is 24.3 Å². The number of nitrogens with zero attached hydrogens (tertiary/aromatic N) is 2. The van der Waals surface area contributed by atoms with Crippen molar-refractivity contribution < 1.29 is 0 Å². The molecule has 1 atom stereocenters. The highest BCUT2D eigenvalue weighted by atomic mass is 32.1. The van der Waals surface area contributed by atoms with Gasteiger partial charge in [0.2, 0.25) is 5.13 Å². The predicted octanol–water partition coefficient (Wildman–Crippen LogP) is 3.05. The fourth-order valence-corrected chi connectivity index (χ4v) is 3.12. The molecule has 0 bridgehead atoms. The summed E-state index contributed by atoms with van der Waals surface area (Å²) >= 11 is 1.46. The van der Waals surface area contributed by atoms with E-state index in [1.807, 2.05) is 0 Å². The van der Waals surface area contributed by atoms with Crippen LogP contribution in [0.1, 0.15) is 36.2 Å². The molecule has 0 radical (unpaired) electrons. The third kappa shape index (κ3) is 1.93. The maximum absolute atomic E-state index is 4.58. The Kier molecular flexibility index (Phi) is 2.81. The highest BCUT2D eigenvalue weighted by molar-refractivity contribution is 7.09. The lowest BCUT2D eigenvalue weighted by Gasteiger charge is -2.06. The zero-order valence-electron chi connectivity index (χ0n) is 9.81. The summed E-state index contributed by atoms with van der Waals surface area (Å²) in [5, 5.41) is 4.16. The molecule has 1 heterocycles. The molecule has 1 aromatic carbocycles. The second-order valence-corrected chi connectivity index (χ2v) is 5.03. The SMILES string of the molecule is CCNc1nc(C2CCc3ccccc32)ns1. The quantitative estimate of drug-likeness (QED) is 0.903. The second kappa shape index (κ2) is 4.45. The average Bonchev–Trinajstić information content (AvgIpc) is 2.95. The second-order valence-electron chi connectivity index (χ2n) is 4.28. The van der Waals surface area contributed by atoms with Gasteiger partial charge in [0.25, 0.3) is 0 Å². The van der Waals surface area contributed by atoms with Crippen molar-refractivity contribution in [2.24, 2.45) is 0 Å². The first-order chi connectivity index (χ1) is 8.38. The van der Waals surface area contributed by atoms with Crippen molar-refractivity contribution in [1.82, 2.24) is 9.36 Å². The number of hydrogen-bond donors (Lipinski definition) is 1. The first-order valence-electron chi connectivity index (χ1n) is 6.03. The van der Waals surface area contributed by atoms with Crippen LogP contribution in [0, 0.1) is 0 Å². The Balaban J connectivity index is 1.90. The van der Waals surface area contributed by atoms with Gasteiger partial charge in [-0.15, -0.1) is 0 Å². The highest BCUT2D eigenvalue weighted by Gasteiger charge is 2.26. The number of aryl methyl sites for hydroxylation is 1. The van der Waals surface area contributed by atoms with E-state index in [0.29, 0.717) is 5.92 Å². The monoisotopic (exact) mass is 245 g/mol. The van der Waals surface area contributed by atoms with Crippen molar-refractivity contribution in [2.75, 3.05) is 11.9 Å². The van der Waals surface area contributed by atoms with Crippen LogP contribution in [0.5, 0.6) is 0 Å². The molecule has 88 valence electrons. The van der Waals surface area contributed by atoms with Crippen LogP contribution in [0.3, 0.4) is 0 Å². The number of benzene rings is 1. The standard InChI is InChI=1S/C13H15N3S/c1-2-14-13-15-12(16-17-13)11-8-7-9-5-3-4-6-10(9)11/h3-6,11H,2,7-8H2,1H3,(H,14,15,16). The summed E-state index contributed by atoms with van der Waals surface area (Å²) in [6.45, 7) is 2.97. The van der Waals surface area contributed by atoms with E-state index in [0.717, 1.165) is 30.3 Å². The van der Waals surface area contributed by atoms with Crippen LogP contribution >= 0.6 is 11.5 Å². The van der Waals surface area contributed by atoms with E-state index < -0.39 is 0 Å². The minimum absolute atomic E-state index is 0.398. The van der Waals surface area contributed by atoms with E-state index in [2.05, 4.69) is 45.9 Å². The maximum Gasteiger partial charge on any atom is 0.202 e. The lowest BCUT2D eigenvalue weighted by Crippen LogP contribution is -2.00. The Bertz CT molecular complexity index is 521. The normalized spacial score (nSPS) is 18.1. The molecule has 1 aliphatic rings. The Morgan fingerprint density at radius 1 is 1.41 bits per heavy atom. The Labute approximate surface area is 105 Å². The zero-order valence-corrected chi connectivity index (χ0v) is 10.6. The molecule has 3 rings (SSSR count). The summed E-state index contributed by atoms with van der Waals surface area (Å²) in [5.41, 5.74) is 2.87. The molecule has 1 aliphatic carbocycles. The number of anilines is 1. The van der Waals surface area contributed by atoms with Gasteiger partial charge in [-0.1, -0.05) is 24.3 Å². The van der Waals surface area contributed by atoms with E-state index in [-0.39, 0.29) is 0 Å². The molecule has 0 aliphatic heterocycles. The van der Waals surface area contributed by atoms with Crippen LogP contribution in [-0.2, 0) is 6.42 Å². The molecule has 1 N–H and O–H groups in total. The van der Waals surface area contributed by atoms with E-state index in [1.54, 1.807) is 0 Å². The van der Waals surface area contributed by atoms with Gasteiger partial charge in [-0.3, -0.25) is 0 Å². The number of hydrogen-bond acceptors (Lipinski definition) is 4. The Morgan fingerprint density at radius 3 is 3.18 bits per heavy atom. The van der Waals surface area contributed by atoms with Gasteiger partial charge in [0.1, 0.15) is 0 Å². The van der Waals surface area contributed by atoms with Crippen molar-refractivity contribution in [3.8, 4) is 0 Å². The lowest BCUT2D eigenvalue weighted by atomic mass is 10.0. The molecular formula is C13H15N3S. The molecule has 4 heteroatoms. The predicted molar refractivity (Wildman–Crippen MR) is 70.7 cm³/mol. The summed E-state index contributed by atoms with van der Waals surface area (Å²) in [5.74, 6) is 1.38. The molecule has 1 unspecified atom stereocenters. The molecule has 0 spiro atoms. The van der Waals surface area contributed by atoms with Gasteiger partial charge in [-0.25, -0.2) is 4.98 Å². The maximum atomic E-state index is 4.58. The minimum Gasteiger partial charge on any atom is -0.361 e.